The maximum absolute atomic E-state index is 12.7. The molecule has 1 aliphatic heterocycles. The molecule has 2 aromatic carbocycles. The minimum atomic E-state index is -0.782. The minimum Gasteiger partial charge on any atom is -0.466 e. The van der Waals surface area contributed by atoms with Gasteiger partial charge in [0.15, 0.2) is 0 Å². The Morgan fingerprint density at radius 3 is 2.00 bits per heavy atom. The van der Waals surface area contributed by atoms with Crippen molar-refractivity contribution >= 4 is 35.1 Å². The summed E-state index contributed by atoms with van der Waals surface area (Å²) in [6, 6.07) is 14.7. The molecule has 0 bridgehead atoms. The van der Waals surface area contributed by atoms with E-state index in [-0.39, 0.29) is 22.2 Å². The predicted molar refractivity (Wildman–Crippen MR) is 116 cm³/mol. The van der Waals surface area contributed by atoms with Gasteiger partial charge in [0.25, 0.3) is 0 Å². The van der Waals surface area contributed by atoms with Crippen LogP contribution < -0.4 is 0 Å². The highest BCUT2D eigenvalue weighted by molar-refractivity contribution is 6.42. The number of carbonyl (C=O) groups is 2. The van der Waals surface area contributed by atoms with Crippen LogP contribution in [-0.2, 0) is 19.1 Å². The first-order valence-electron chi connectivity index (χ1n) is 9.25. The fourth-order valence-electron chi connectivity index (χ4n) is 3.46. The molecule has 0 aliphatic carbocycles. The Balaban J connectivity index is 2.18. The van der Waals surface area contributed by atoms with Gasteiger partial charge in [-0.2, -0.15) is 0 Å². The Kier molecular flexibility index (Phi) is 6.85. The summed E-state index contributed by atoms with van der Waals surface area (Å²) >= 11 is 12.6. The van der Waals surface area contributed by atoms with Crippen molar-refractivity contribution in [2.24, 2.45) is 0 Å². The van der Waals surface area contributed by atoms with Crippen LogP contribution >= 0.6 is 23.2 Å². The second-order valence-corrected chi connectivity index (χ2v) is 7.55. The van der Waals surface area contributed by atoms with Crippen molar-refractivity contribution in [1.82, 2.24) is 4.90 Å². The summed E-state index contributed by atoms with van der Waals surface area (Å²) in [6.45, 7) is 1.97. The third kappa shape index (κ3) is 4.23. The highest BCUT2D eigenvalue weighted by atomic mass is 35.5. The van der Waals surface area contributed by atoms with E-state index >= 15 is 0 Å². The third-order valence-electron chi connectivity index (χ3n) is 5.06. The zero-order valence-corrected chi connectivity index (χ0v) is 18.3. The van der Waals surface area contributed by atoms with Gasteiger partial charge in [-0.15, -0.1) is 0 Å². The molecule has 156 valence electrons. The van der Waals surface area contributed by atoms with Crippen molar-refractivity contribution in [1.29, 1.82) is 0 Å². The van der Waals surface area contributed by atoms with Gasteiger partial charge in [0.05, 0.1) is 47.4 Å². The summed E-state index contributed by atoms with van der Waals surface area (Å²) in [4.78, 5) is 27.3. The van der Waals surface area contributed by atoms with Crippen molar-refractivity contribution < 1.29 is 19.1 Å². The van der Waals surface area contributed by atoms with Crippen molar-refractivity contribution in [2.75, 3.05) is 14.2 Å². The summed E-state index contributed by atoms with van der Waals surface area (Å²) in [5, 5.41) is 0.584. The summed E-state index contributed by atoms with van der Waals surface area (Å²) < 4.78 is 10.0. The Morgan fingerprint density at radius 2 is 1.47 bits per heavy atom. The molecule has 0 saturated heterocycles. The van der Waals surface area contributed by atoms with Crippen LogP contribution in [0.5, 0.6) is 0 Å². The molecule has 1 aliphatic rings. The SMILES string of the molecule is COC(=O)C1=CN(C(C)c2ccccc2)C=C(C(=O)OC)C1c1cccc(Cl)c1Cl. The summed E-state index contributed by atoms with van der Waals surface area (Å²) in [5.74, 6) is -1.93. The van der Waals surface area contributed by atoms with Crippen LogP contribution in [-0.4, -0.2) is 31.1 Å². The van der Waals surface area contributed by atoms with E-state index in [4.69, 9.17) is 32.7 Å². The topological polar surface area (TPSA) is 55.8 Å². The van der Waals surface area contributed by atoms with Crippen LogP contribution in [0.15, 0.2) is 72.1 Å². The minimum absolute atomic E-state index is 0.152. The zero-order chi connectivity index (χ0) is 21.8. The van der Waals surface area contributed by atoms with Gasteiger partial charge in [0.2, 0.25) is 0 Å². The molecule has 30 heavy (non-hydrogen) atoms. The van der Waals surface area contributed by atoms with Gasteiger partial charge in [-0.25, -0.2) is 9.59 Å². The molecule has 0 spiro atoms. The van der Waals surface area contributed by atoms with Gasteiger partial charge >= 0.3 is 11.9 Å². The van der Waals surface area contributed by atoms with Gasteiger partial charge in [-0.3, -0.25) is 0 Å². The predicted octanol–water partition coefficient (Wildman–Crippen LogP) is 5.27. The molecule has 1 atom stereocenters. The van der Waals surface area contributed by atoms with Crippen molar-refractivity contribution in [3.8, 4) is 0 Å². The maximum Gasteiger partial charge on any atom is 0.336 e. The van der Waals surface area contributed by atoms with Crippen molar-refractivity contribution in [2.45, 2.75) is 18.9 Å². The Labute approximate surface area is 185 Å². The summed E-state index contributed by atoms with van der Waals surface area (Å²) in [5.41, 5.74) is 2.04. The largest absolute Gasteiger partial charge is 0.466 e. The first-order valence-corrected chi connectivity index (χ1v) is 10.0. The molecule has 1 unspecified atom stereocenters. The summed E-state index contributed by atoms with van der Waals surface area (Å²) in [6.07, 6.45) is 3.36. The van der Waals surface area contributed by atoms with Gasteiger partial charge < -0.3 is 14.4 Å². The molecular weight excluding hydrogens is 425 g/mol. The van der Waals surface area contributed by atoms with E-state index < -0.39 is 17.9 Å². The number of methoxy groups -OCH3 is 2. The number of nitrogens with zero attached hydrogens (tertiary/aromatic N) is 1. The number of hydrogen-bond donors (Lipinski definition) is 0. The van der Waals surface area contributed by atoms with Gasteiger partial charge in [-0.05, 0) is 24.1 Å². The molecule has 0 fully saturated rings. The van der Waals surface area contributed by atoms with Crippen LogP contribution in [0.1, 0.15) is 30.0 Å². The van der Waals surface area contributed by atoms with E-state index in [1.165, 1.54) is 14.2 Å². The van der Waals surface area contributed by atoms with E-state index in [0.717, 1.165) is 5.56 Å². The molecule has 0 aromatic heterocycles. The summed E-state index contributed by atoms with van der Waals surface area (Å²) in [7, 11) is 2.59. The normalized spacial score (nSPS) is 15.2. The number of hydrogen-bond acceptors (Lipinski definition) is 5. The highest BCUT2D eigenvalue weighted by Gasteiger charge is 2.37. The van der Waals surface area contributed by atoms with E-state index in [1.807, 2.05) is 37.3 Å². The average molecular weight is 446 g/mol. The number of rotatable bonds is 5. The van der Waals surface area contributed by atoms with Crippen LogP contribution in [0, 0.1) is 0 Å². The quantitative estimate of drug-likeness (QED) is 0.586. The number of ether oxygens (including phenoxy) is 2. The van der Waals surface area contributed by atoms with Crippen LogP contribution in [0.25, 0.3) is 0 Å². The molecule has 1 heterocycles. The van der Waals surface area contributed by atoms with E-state index in [2.05, 4.69) is 0 Å². The second kappa shape index (κ2) is 9.37. The van der Waals surface area contributed by atoms with Gasteiger partial charge in [0, 0.05) is 12.4 Å². The van der Waals surface area contributed by atoms with E-state index in [1.54, 1.807) is 35.5 Å². The van der Waals surface area contributed by atoms with Crippen LogP contribution in [0.2, 0.25) is 10.0 Å². The second-order valence-electron chi connectivity index (χ2n) is 6.76. The smallest absolute Gasteiger partial charge is 0.336 e. The lowest BCUT2D eigenvalue weighted by molar-refractivity contribution is -0.137. The lowest BCUT2D eigenvalue weighted by Crippen LogP contribution is -2.30. The Hall–Kier alpha value is -2.76. The molecular formula is C23H21Cl2NO4. The molecule has 0 saturated carbocycles. The number of esters is 2. The lowest BCUT2D eigenvalue weighted by Gasteiger charge is -2.34. The molecule has 2 aromatic rings. The monoisotopic (exact) mass is 445 g/mol. The zero-order valence-electron chi connectivity index (χ0n) is 16.8. The molecule has 7 heteroatoms. The first kappa shape index (κ1) is 21.9. The number of halogens is 2. The van der Waals surface area contributed by atoms with Crippen LogP contribution in [0.4, 0.5) is 0 Å². The fourth-order valence-corrected chi connectivity index (χ4v) is 3.87. The standard InChI is InChI=1S/C23H21Cl2NO4/c1-14(15-8-5-4-6-9-15)26-12-17(22(27)29-2)20(18(13-26)23(28)30-3)16-10-7-11-19(24)21(16)25/h4-14,20H,1-3H3. The molecule has 0 N–H and O–H groups in total. The number of carbonyl (C=O) groups excluding carboxylic acids is 2. The highest BCUT2D eigenvalue weighted by Crippen LogP contribution is 2.43. The average Bonchev–Trinajstić information content (AvgIpc) is 2.79. The van der Waals surface area contributed by atoms with Gasteiger partial charge in [-0.1, -0.05) is 65.7 Å². The fraction of sp³-hybridized carbons (Fsp3) is 0.217. The molecule has 3 rings (SSSR count). The van der Waals surface area contributed by atoms with E-state index in [9.17, 15) is 9.59 Å². The Morgan fingerprint density at radius 1 is 0.900 bits per heavy atom. The molecule has 0 radical (unpaired) electrons. The first-order chi connectivity index (χ1) is 14.4. The van der Waals surface area contributed by atoms with Crippen molar-refractivity contribution in [3.05, 3.63) is 93.2 Å². The maximum atomic E-state index is 12.7. The van der Waals surface area contributed by atoms with Gasteiger partial charge in [0.1, 0.15) is 0 Å². The number of benzene rings is 2. The van der Waals surface area contributed by atoms with Crippen LogP contribution in [0.3, 0.4) is 0 Å². The van der Waals surface area contributed by atoms with Crippen molar-refractivity contribution in [3.63, 3.8) is 0 Å². The molecule has 0 amide bonds. The lowest BCUT2D eigenvalue weighted by atomic mass is 9.83. The molecule has 5 nitrogen and oxygen atoms in total. The Bertz CT molecular complexity index is 983. The van der Waals surface area contributed by atoms with E-state index in [0.29, 0.717) is 10.6 Å². The third-order valence-corrected chi connectivity index (χ3v) is 5.90.